The molecule has 1 atom stereocenters. The van der Waals surface area contributed by atoms with Crippen molar-refractivity contribution < 1.29 is 9.53 Å². The Hall–Kier alpha value is -1.35. The lowest BCUT2D eigenvalue weighted by Gasteiger charge is -2.23. The normalized spacial score (nSPS) is 24.8. The number of carbonyl (C=O) groups excluding carboxylic acids is 1. The third kappa shape index (κ3) is 1.83. The van der Waals surface area contributed by atoms with Gasteiger partial charge >= 0.3 is 0 Å². The molecule has 1 aliphatic carbocycles. The van der Waals surface area contributed by atoms with E-state index >= 15 is 0 Å². The maximum Gasteiger partial charge on any atom is 0.170 e. The van der Waals surface area contributed by atoms with E-state index in [-0.39, 0.29) is 11.7 Å². The number of para-hydroxylation sites is 1. The Morgan fingerprint density at radius 2 is 2.06 bits per heavy atom. The summed E-state index contributed by atoms with van der Waals surface area (Å²) in [6.45, 7) is 2.10. The standard InChI is InChI=1S/C15H19NO2/c1-18-13-5-3-2-4-11(13)14(17)12-10-15(12)6-8-16-9-7-15/h2-5,12,16H,6-10H2,1H3. The van der Waals surface area contributed by atoms with Crippen LogP contribution in [0.2, 0.25) is 0 Å². The molecule has 1 spiro atoms. The SMILES string of the molecule is COc1ccccc1C(=O)C1CC12CCNCC2. The highest BCUT2D eigenvalue weighted by Gasteiger charge is 2.57. The average Bonchev–Trinajstić information content (AvgIpc) is 3.12. The van der Waals surface area contributed by atoms with E-state index < -0.39 is 0 Å². The molecule has 2 aliphatic rings. The summed E-state index contributed by atoms with van der Waals surface area (Å²) >= 11 is 0. The van der Waals surface area contributed by atoms with Crippen LogP contribution in [0.1, 0.15) is 29.6 Å². The van der Waals surface area contributed by atoms with Gasteiger partial charge in [0.1, 0.15) is 5.75 Å². The van der Waals surface area contributed by atoms with Crippen LogP contribution in [-0.4, -0.2) is 26.0 Å². The van der Waals surface area contributed by atoms with Gasteiger partial charge in [0.05, 0.1) is 12.7 Å². The quantitative estimate of drug-likeness (QED) is 0.830. The number of nitrogens with one attached hydrogen (secondary N) is 1. The lowest BCUT2D eigenvalue weighted by atomic mass is 9.89. The zero-order valence-corrected chi connectivity index (χ0v) is 10.7. The third-order valence-corrected chi connectivity index (χ3v) is 4.48. The van der Waals surface area contributed by atoms with E-state index in [1.807, 2.05) is 24.3 Å². The second-order valence-electron chi connectivity index (χ2n) is 5.43. The van der Waals surface area contributed by atoms with Gasteiger partial charge in [-0.15, -0.1) is 0 Å². The fourth-order valence-corrected chi connectivity index (χ4v) is 3.23. The summed E-state index contributed by atoms with van der Waals surface area (Å²) in [5.74, 6) is 1.20. The molecule has 1 aromatic rings. The molecule has 2 fully saturated rings. The van der Waals surface area contributed by atoms with Gasteiger partial charge in [-0.05, 0) is 49.9 Å². The van der Waals surface area contributed by atoms with Crippen LogP contribution in [0.4, 0.5) is 0 Å². The molecule has 3 heteroatoms. The van der Waals surface area contributed by atoms with Crippen molar-refractivity contribution in [1.82, 2.24) is 5.32 Å². The van der Waals surface area contributed by atoms with E-state index in [4.69, 9.17) is 4.74 Å². The summed E-state index contributed by atoms with van der Waals surface area (Å²) < 4.78 is 5.29. The van der Waals surface area contributed by atoms with E-state index in [0.29, 0.717) is 11.2 Å². The predicted molar refractivity (Wildman–Crippen MR) is 70.0 cm³/mol. The van der Waals surface area contributed by atoms with E-state index in [0.717, 1.165) is 37.9 Å². The second kappa shape index (κ2) is 4.39. The molecule has 0 amide bonds. The van der Waals surface area contributed by atoms with Gasteiger partial charge in [0.15, 0.2) is 5.78 Å². The molecule has 3 rings (SSSR count). The van der Waals surface area contributed by atoms with Crippen molar-refractivity contribution in [3.63, 3.8) is 0 Å². The fraction of sp³-hybridized carbons (Fsp3) is 0.533. The first kappa shape index (κ1) is 11.7. The van der Waals surface area contributed by atoms with E-state index in [9.17, 15) is 4.79 Å². The van der Waals surface area contributed by atoms with Crippen molar-refractivity contribution in [2.45, 2.75) is 19.3 Å². The summed E-state index contributed by atoms with van der Waals surface area (Å²) in [5, 5.41) is 3.37. The minimum absolute atomic E-state index is 0.218. The van der Waals surface area contributed by atoms with Crippen LogP contribution >= 0.6 is 0 Å². The van der Waals surface area contributed by atoms with Gasteiger partial charge in [0, 0.05) is 5.92 Å². The number of benzene rings is 1. The summed E-state index contributed by atoms with van der Waals surface area (Å²) in [5.41, 5.74) is 1.05. The number of ether oxygens (including phenoxy) is 1. The third-order valence-electron chi connectivity index (χ3n) is 4.48. The van der Waals surface area contributed by atoms with E-state index in [2.05, 4.69) is 5.32 Å². The van der Waals surface area contributed by atoms with Gasteiger partial charge in [0.2, 0.25) is 0 Å². The monoisotopic (exact) mass is 245 g/mol. The molecule has 1 aliphatic heterocycles. The van der Waals surface area contributed by atoms with E-state index in [1.165, 1.54) is 0 Å². The lowest BCUT2D eigenvalue weighted by molar-refractivity contribution is 0.0937. The maximum atomic E-state index is 12.6. The molecule has 1 saturated carbocycles. The number of methoxy groups -OCH3 is 1. The molecule has 1 saturated heterocycles. The first-order chi connectivity index (χ1) is 8.77. The van der Waals surface area contributed by atoms with Crippen molar-refractivity contribution in [3.8, 4) is 5.75 Å². The number of piperidine rings is 1. The lowest BCUT2D eigenvalue weighted by Crippen LogP contribution is -2.30. The molecule has 18 heavy (non-hydrogen) atoms. The molecule has 96 valence electrons. The van der Waals surface area contributed by atoms with Crippen molar-refractivity contribution in [2.24, 2.45) is 11.3 Å². The van der Waals surface area contributed by atoms with Crippen LogP contribution in [0.3, 0.4) is 0 Å². The summed E-state index contributed by atoms with van der Waals surface area (Å²) in [6, 6.07) is 7.56. The number of hydrogen-bond acceptors (Lipinski definition) is 3. The number of carbonyl (C=O) groups is 1. The maximum absolute atomic E-state index is 12.6. The summed E-state index contributed by atoms with van der Waals surface area (Å²) in [4.78, 5) is 12.6. The topological polar surface area (TPSA) is 38.3 Å². The zero-order chi connectivity index (χ0) is 12.6. The molecular weight excluding hydrogens is 226 g/mol. The highest BCUT2D eigenvalue weighted by molar-refractivity contribution is 6.02. The molecular formula is C15H19NO2. The highest BCUT2D eigenvalue weighted by Crippen LogP contribution is 2.59. The van der Waals surface area contributed by atoms with Gasteiger partial charge in [-0.3, -0.25) is 4.79 Å². The Bertz CT molecular complexity index is 463. The molecule has 0 bridgehead atoms. The smallest absolute Gasteiger partial charge is 0.170 e. The number of rotatable bonds is 3. The van der Waals surface area contributed by atoms with Crippen molar-refractivity contribution in [1.29, 1.82) is 0 Å². The van der Waals surface area contributed by atoms with Crippen molar-refractivity contribution in [3.05, 3.63) is 29.8 Å². The molecule has 1 N–H and O–H groups in total. The largest absolute Gasteiger partial charge is 0.496 e. The summed E-state index contributed by atoms with van der Waals surface area (Å²) in [6.07, 6.45) is 3.34. The van der Waals surface area contributed by atoms with Crippen LogP contribution in [0, 0.1) is 11.3 Å². The first-order valence-corrected chi connectivity index (χ1v) is 6.65. The van der Waals surface area contributed by atoms with Gasteiger partial charge in [0.25, 0.3) is 0 Å². The van der Waals surface area contributed by atoms with Crippen molar-refractivity contribution >= 4 is 5.78 Å². The average molecular weight is 245 g/mol. The van der Waals surface area contributed by atoms with Crippen LogP contribution < -0.4 is 10.1 Å². The second-order valence-corrected chi connectivity index (χ2v) is 5.43. The van der Waals surface area contributed by atoms with Crippen LogP contribution in [0.5, 0.6) is 5.75 Å². The molecule has 1 unspecified atom stereocenters. The van der Waals surface area contributed by atoms with Gasteiger partial charge in [-0.1, -0.05) is 12.1 Å². The number of Topliss-reactive ketones (excluding diaryl/α,β-unsaturated/α-hetero) is 1. The number of hydrogen-bond donors (Lipinski definition) is 1. The van der Waals surface area contributed by atoms with E-state index in [1.54, 1.807) is 7.11 Å². The fourth-order valence-electron chi connectivity index (χ4n) is 3.23. The van der Waals surface area contributed by atoms with Gasteiger partial charge < -0.3 is 10.1 Å². The van der Waals surface area contributed by atoms with Crippen LogP contribution in [0.25, 0.3) is 0 Å². The molecule has 0 radical (unpaired) electrons. The minimum Gasteiger partial charge on any atom is -0.496 e. The van der Waals surface area contributed by atoms with Crippen LogP contribution in [-0.2, 0) is 0 Å². The minimum atomic E-state index is 0.218. The van der Waals surface area contributed by atoms with Crippen molar-refractivity contribution in [2.75, 3.05) is 20.2 Å². The zero-order valence-electron chi connectivity index (χ0n) is 10.7. The number of ketones is 1. The molecule has 1 heterocycles. The first-order valence-electron chi connectivity index (χ1n) is 6.65. The van der Waals surface area contributed by atoms with Gasteiger partial charge in [-0.2, -0.15) is 0 Å². The molecule has 1 aromatic carbocycles. The van der Waals surface area contributed by atoms with Crippen LogP contribution in [0.15, 0.2) is 24.3 Å². The Morgan fingerprint density at radius 3 is 2.78 bits per heavy atom. The Morgan fingerprint density at radius 1 is 1.33 bits per heavy atom. The predicted octanol–water partition coefficient (Wildman–Crippen LogP) is 2.27. The Labute approximate surface area is 108 Å². The van der Waals surface area contributed by atoms with Gasteiger partial charge in [-0.25, -0.2) is 0 Å². The molecule has 0 aromatic heterocycles. The summed E-state index contributed by atoms with van der Waals surface area (Å²) in [7, 11) is 1.62. The highest BCUT2D eigenvalue weighted by atomic mass is 16.5. The molecule has 3 nitrogen and oxygen atoms in total. The Balaban J connectivity index is 1.80. The Kier molecular flexibility index (Phi) is 2.86.